The normalized spacial score (nSPS) is 12.0. The van der Waals surface area contributed by atoms with Crippen LogP contribution in [0.1, 0.15) is 240 Å². The molecule has 0 aromatic rings. The number of Topliss-reactive ketones (excluding diaryl/α,β-unsaturated/α-hetero) is 2. The Labute approximate surface area is 278 Å². The number of unbranched alkanes of at least 4 members (excludes halogenated alkanes) is 28. The van der Waals surface area contributed by atoms with Gasteiger partial charge in [0.05, 0.1) is 0 Å². The molecule has 0 saturated heterocycles. The molecule has 0 spiro atoms. The van der Waals surface area contributed by atoms with Crippen molar-refractivity contribution in [3.05, 3.63) is 0 Å². The van der Waals surface area contributed by atoms with Gasteiger partial charge >= 0.3 is 0 Å². The van der Waals surface area contributed by atoms with Gasteiger partial charge in [0.1, 0.15) is 11.6 Å². The van der Waals surface area contributed by atoms with Crippen molar-refractivity contribution in [2.45, 2.75) is 240 Å². The fraction of sp³-hybridized carbons (Fsp3) is 0.951. The monoisotopic (exact) mass is 622 g/mol. The lowest BCUT2D eigenvalue weighted by molar-refractivity contribution is -0.129. The van der Waals surface area contributed by atoms with Crippen LogP contribution in [0.3, 0.4) is 0 Å². The fourth-order valence-electron chi connectivity index (χ4n) is 6.62. The summed E-state index contributed by atoms with van der Waals surface area (Å²) in [6.45, 7) is 8.81. The Morgan fingerprint density at radius 1 is 0.386 bits per heavy atom. The first kappa shape index (κ1) is 45.4. The average Bonchev–Trinajstić information content (AvgIpc) is 2.99. The van der Waals surface area contributed by atoms with Crippen LogP contribution in [0, 0.1) is 11.8 Å². The summed E-state index contributed by atoms with van der Waals surface area (Å²) in [6.07, 6.45) is 42.2. The Bertz CT molecular complexity index is 587. The van der Waals surface area contributed by atoms with Crippen LogP contribution in [-0.4, -0.2) is 11.6 Å². The van der Waals surface area contributed by atoms with Crippen molar-refractivity contribution in [1.29, 1.82) is 0 Å². The lowest BCUT2D eigenvalue weighted by Crippen LogP contribution is -2.23. The number of carbonyl (C=O) groups is 2. The quantitative estimate of drug-likeness (QED) is 0.0707. The second-order valence-corrected chi connectivity index (χ2v) is 14.5. The third-order valence-electron chi connectivity index (χ3n) is 9.75. The zero-order valence-corrected chi connectivity index (χ0v) is 31.0. The van der Waals surface area contributed by atoms with E-state index in [9.17, 15) is 9.59 Å². The summed E-state index contributed by atoms with van der Waals surface area (Å²) in [7, 11) is 0. The van der Waals surface area contributed by atoms with Crippen LogP contribution in [-0.2, 0) is 9.59 Å². The second kappa shape index (κ2) is 36.8. The maximum atomic E-state index is 12.9. The highest BCUT2D eigenvalue weighted by Crippen LogP contribution is 2.22. The molecule has 1 atom stereocenters. The highest BCUT2D eigenvalue weighted by Gasteiger charge is 2.24. The molecule has 0 aromatic heterocycles. The minimum Gasteiger partial charge on any atom is -0.344 e. The zero-order valence-electron chi connectivity index (χ0n) is 31.0. The number of rotatable bonds is 36. The lowest BCUT2D eigenvalue weighted by Gasteiger charge is -2.19. The molecular formula is C41H83NO2. The molecule has 0 fully saturated rings. The molecule has 0 saturated carbocycles. The summed E-state index contributed by atoms with van der Waals surface area (Å²) in [6, 6.07) is 0. The number of carbonyl (C=O) groups excluding carboxylic acids is 2. The lowest BCUT2D eigenvalue weighted by atomic mass is 9.84. The molecule has 3 heteroatoms. The van der Waals surface area contributed by atoms with E-state index in [1.165, 1.54) is 180 Å². The van der Waals surface area contributed by atoms with Gasteiger partial charge in [0.15, 0.2) is 0 Å². The van der Waals surface area contributed by atoms with Crippen molar-refractivity contribution in [2.24, 2.45) is 11.8 Å². The predicted octanol–water partition coefficient (Wildman–Crippen LogP) is 14.5. The third kappa shape index (κ3) is 32.7. The summed E-state index contributed by atoms with van der Waals surface area (Å²) in [5, 5.41) is 0. The molecule has 0 aliphatic heterocycles. The van der Waals surface area contributed by atoms with Gasteiger partial charge < -0.3 is 6.15 Å². The first-order chi connectivity index (χ1) is 21.0. The van der Waals surface area contributed by atoms with Crippen molar-refractivity contribution in [2.75, 3.05) is 0 Å². The van der Waals surface area contributed by atoms with Crippen LogP contribution in [0.25, 0.3) is 0 Å². The molecule has 0 radical (unpaired) electrons. The molecule has 0 bridgehead atoms. The van der Waals surface area contributed by atoms with Gasteiger partial charge in [-0.15, -0.1) is 0 Å². The number of hydrogen-bond acceptors (Lipinski definition) is 3. The highest BCUT2D eigenvalue weighted by atomic mass is 16.1. The SMILES string of the molecule is CCCCCCCCCCCCCCCCCC(=O)CC(C(=O)CCCCCCCCCCCCCCCCC)C(C)C.N. The zero-order chi connectivity index (χ0) is 31.6. The van der Waals surface area contributed by atoms with Gasteiger partial charge in [0.25, 0.3) is 0 Å². The molecule has 0 heterocycles. The molecule has 1 unspecified atom stereocenters. The van der Waals surface area contributed by atoms with Crippen LogP contribution in [0.2, 0.25) is 0 Å². The molecule has 3 nitrogen and oxygen atoms in total. The largest absolute Gasteiger partial charge is 0.344 e. The molecule has 0 rings (SSSR count). The minimum absolute atomic E-state index is 0. The van der Waals surface area contributed by atoms with Crippen LogP contribution < -0.4 is 6.15 Å². The maximum Gasteiger partial charge on any atom is 0.136 e. The average molecular weight is 622 g/mol. The smallest absolute Gasteiger partial charge is 0.136 e. The van der Waals surface area contributed by atoms with Crippen molar-refractivity contribution in [3.8, 4) is 0 Å². The molecule has 0 amide bonds. The molecule has 264 valence electrons. The molecule has 44 heavy (non-hydrogen) atoms. The van der Waals surface area contributed by atoms with Crippen LogP contribution >= 0.6 is 0 Å². The molecule has 0 aliphatic rings. The Kier molecular flexibility index (Phi) is 38.0. The van der Waals surface area contributed by atoms with Gasteiger partial charge in [0.2, 0.25) is 0 Å². The van der Waals surface area contributed by atoms with Gasteiger partial charge in [-0.1, -0.05) is 207 Å². The standard InChI is InChI=1S/C41H80O2.H3N/c1-5-7-9-11-13-15-17-19-21-23-25-27-29-31-33-35-39(42)37-40(38(3)4)41(43)36-34-32-30-28-26-24-22-20-18-16-14-12-10-8-6-2;/h38,40H,5-37H2,1-4H3;1H3. The van der Waals surface area contributed by atoms with E-state index in [2.05, 4.69) is 27.7 Å². The van der Waals surface area contributed by atoms with Gasteiger partial charge in [0, 0.05) is 25.2 Å². The van der Waals surface area contributed by atoms with Crippen molar-refractivity contribution in [1.82, 2.24) is 6.15 Å². The number of hydrogen-bond donors (Lipinski definition) is 1. The van der Waals surface area contributed by atoms with Gasteiger partial charge in [-0.05, 0) is 18.8 Å². The van der Waals surface area contributed by atoms with E-state index in [0.29, 0.717) is 30.8 Å². The van der Waals surface area contributed by atoms with Gasteiger partial charge in [-0.3, -0.25) is 9.59 Å². The number of ketones is 2. The second-order valence-electron chi connectivity index (χ2n) is 14.5. The van der Waals surface area contributed by atoms with Gasteiger partial charge in [-0.25, -0.2) is 0 Å². The van der Waals surface area contributed by atoms with E-state index < -0.39 is 0 Å². The Hall–Kier alpha value is -0.700. The van der Waals surface area contributed by atoms with E-state index in [-0.39, 0.29) is 18.0 Å². The minimum atomic E-state index is -0.0597. The summed E-state index contributed by atoms with van der Waals surface area (Å²) >= 11 is 0. The maximum absolute atomic E-state index is 12.9. The summed E-state index contributed by atoms with van der Waals surface area (Å²) < 4.78 is 0. The van der Waals surface area contributed by atoms with Crippen molar-refractivity contribution < 1.29 is 9.59 Å². The predicted molar refractivity (Wildman–Crippen MR) is 197 cm³/mol. The highest BCUT2D eigenvalue weighted by molar-refractivity contribution is 5.88. The summed E-state index contributed by atoms with van der Waals surface area (Å²) in [5.41, 5.74) is 0. The van der Waals surface area contributed by atoms with Crippen LogP contribution in [0.15, 0.2) is 0 Å². The Balaban J connectivity index is 0. The van der Waals surface area contributed by atoms with Gasteiger partial charge in [-0.2, -0.15) is 0 Å². The van der Waals surface area contributed by atoms with Crippen molar-refractivity contribution >= 4 is 11.6 Å². The summed E-state index contributed by atoms with van der Waals surface area (Å²) in [5.74, 6) is 0.872. The molecule has 0 aromatic carbocycles. The molecule has 3 N–H and O–H groups in total. The summed E-state index contributed by atoms with van der Waals surface area (Å²) in [4.78, 5) is 25.6. The van der Waals surface area contributed by atoms with Crippen LogP contribution in [0.5, 0.6) is 0 Å². The molecule has 0 aliphatic carbocycles. The van der Waals surface area contributed by atoms with E-state index in [4.69, 9.17) is 0 Å². The first-order valence-corrected chi connectivity index (χ1v) is 20.1. The molecular weight excluding hydrogens is 538 g/mol. The fourth-order valence-corrected chi connectivity index (χ4v) is 6.62. The third-order valence-corrected chi connectivity index (χ3v) is 9.75. The Morgan fingerprint density at radius 2 is 0.636 bits per heavy atom. The van der Waals surface area contributed by atoms with E-state index in [0.717, 1.165) is 12.8 Å². The van der Waals surface area contributed by atoms with E-state index in [1.54, 1.807) is 0 Å². The first-order valence-electron chi connectivity index (χ1n) is 20.1. The topological polar surface area (TPSA) is 69.1 Å². The van der Waals surface area contributed by atoms with E-state index >= 15 is 0 Å². The van der Waals surface area contributed by atoms with E-state index in [1.807, 2.05) is 0 Å². The van der Waals surface area contributed by atoms with Crippen molar-refractivity contribution in [3.63, 3.8) is 0 Å². The Morgan fingerprint density at radius 3 is 0.909 bits per heavy atom. The van der Waals surface area contributed by atoms with Crippen LogP contribution in [0.4, 0.5) is 0 Å².